The van der Waals surface area contributed by atoms with Gasteiger partial charge >= 0.3 is 0 Å². The number of benzene rings is 1. The van der Waals surface area contributed by atoms with Crippen molar-refractivity contribution in [1.29, 1.82) is 0 Å². The van der Waals surface area contributed by atoms with Gasteiger partial charge < -0.3 is 15.4 Å². The summed E-state index contributed by atoms with van der Waals surface area (Å²) in [5, 5.41) is 6.70. The Labute approximate surface area is 118 Å². The molecule has 1 fully saturated rings. The summed E-state index contributed by atoms with van der Waals surface area (Å²) in [5.41, 5.74) is 1.90. The van der Waals surface area contributed by atoms with Gasteiger partial charge in [0.2, 0.25) is 5.91 Å². The number of hydrogen-bond donors (Lipinski definition) is 2. The first-order chi connectivity index (χ1) is 9.15. The third-order valence-electron chi connectivity index (χ3n) is 3.15. The predicted octanol–water partition coefficient (Wildman–Crippen LogP) is 2.36. The quantitative estimate of drug-likeness (QED) is 0.891. The maximum Gasteiger partial charge on any atom is 0.239 e. The summed E-state index contributed by atoms with van der Waals surface area (Å²) < 4.78 is 5.26. The third kappa shape index (κ3) is 4.40. The van der Waals surface area contributed by atoms with E-state index < -0.39 is 0 Å². The smallest absolute Gasteiger partial charge is 0.239 e. The van der Waals surface area contributed by atoms with Gasteiger partial charge in [0.15, 0.2) is 0 Å². The van der Waals surface area contributed by atoms with E-state index in [2.05, 4.69) is 10.6 Å². The van der Waals surface area contributed by atoms with Crippen molar-refractivity contribution in [2.24, 2.45) is 0 Å². The van der Waals surface area contributed by atoms with E-state index in [0.29, 0.717) is 5.02 Å². The summed E-state index contributed by atoms with van der Waals surface area (Å²) in [4.78, 5) is 11.8. The molecule has 1 amide bonds. The molecule has 1 saturated heterocycles. The molecule has 0 bridgehead atoms. The molecule has 0 aliphatic carbocycles. The van der Waals surface area contributed by atoms with E-state index in [-0.39, 0.29) is 18.5 Å². The van der Waals surface area contributed by atoms with Crippen molar-refractivity contribution in [3.05, 3.63) is 28.8 Å². The lowest BCUT2D eigenvalue weighted by atomic mass is 10.1. The van der Waals surface area contributed by atoms with Gasteiger partial charge in [-0.15, -0.1) is 0 Å². The van der Waals surface area contributed by atoms with Gasteiger partial charge in [0.25, 0.3) is 0 Å². The highest BCUT2D eigenvalue weighted by atomic mass is 35.5. The van der Waals surface area contributed by atoms with E-state index in [1.54, 1.807) is 0 Å². The van der Waals surface area contributed by atoms with Crippen LogP contribution in [0.5, 0.6) is 0 Å². The second-order valence-corrected chi connectivity index (χ2v) is 5.20. The van der Waals surface area contributed by atoms with Crippen molar-refractivity contribution in [1.82, 2.24) is 5.32 Å². The number of aryl methyl sites for hydroxylation is 1. The topological polar surface area (TPSA) is 50.4 Å². The molecule has 2 N–H and O–H groups in total. The van der Waals surface area contributed by atoms with Crippen molar-refractivity contribution in [3.8, 4) is 0 Å². The molecular formula is C14H19ClN2O2. The summed E-state index contributed by atoms with van der Waals surface area (Å²) >= 11 is 6.06. The Bertz CT molecular complexity index is 445. The van der Waals surface area contributed by atoms with Gasteiger partial charge in [0, 0.05) is 19.3 Å². The lowest BCUT2D eigenvalue weighted by molar-refractivity contribution is -0.120. The molecule has 5 heteroatoms. The molecule has 0 radical (unpaired) electrons. The van der Waals surface area contributed by atoms with Crippen LogP contribution in [-0.2, 0) is 9.53 Å². The molecule has 1 aromatic rings. The van der Waals surface area contributed by atoms with Crippen LogP contribution in [0.15, 0.2) is 18.2 Å². The molecule has 1 heterocycles. The van der Waals surface area contributed by atoms with Gasteiger partial charge in [-0.25, -0.2) is 0 Å². The molecule has 0 unspecified atom stereocenters. The maximum absolute atomic E-state index is 11.8. The zero-order valence-electron chi connectivity index (χ0n) is 11.0. The standard InChI is InChI=1S/C14H19ClN2O2/c1-10-2-3-12(15)13(8-10)16-9-14(18)17-11-4-6-19-7-5-11/h2-3,8,11,16H,4-7,9H2,1H3,(H,17,18). The van der Waals surface area contributed by atoms with Crippen LogP contribution in [0.4, 0.5) is 5.69 Å². The van der Waals surface area contributed by atoms with Gasteiger partial charge in [-0.05, 0) is 37.5 Å². The second-order valence-electron chi connectivity index (χ2n) is 4.79. The van der Waals surface area contributed by atoms with Crippen LogP contribution in [0.2, 0.25) is 5.02 Å². The highest BCUT2D eigenvalue weighted by Crippen LogP contribution is 2.22. The zero-order chi connectivity index (χ0) is 13.7. The summed E-state index contributed by atoms with van der Waals surface area (Å²) in [6.07, 6.45) is 1.77. The number of halogens is 1. The number of carbonyl (C=O) groups excluding carboxylic acids is 1. The minimum absolute atomic E-state index is 0.00975. The normalized spacial score (nSPS) is 16.1. The lowest BCUT2D eigenvalue weighted by Crippen LogP contribution is -2.41. The molecule has 0 spiro atoms. The summed E-state index contributed by atoms with van der Waals surface area (Å²) in [6.45, 7) is 3.67. The highest BCUT2D eigenvalue weighted by Gasteiger charge is 2.15. The van der Waals surface area contributed by atoms with Crippen molar-refractivity contribution < 1.29 is 9.53 Å². The number of rotatable bonds is 4. The van der Waals surface area contributed by atoms with E-state index >= 15 is 0 Å². The van der Waals surface area contributed by atoms with Gasteiger partial charge in [0.1, 0.15) is 0 Å². The first kappa shape index (κ1) is 14.2. The van der Waals surface area contributed by atoms with E-state index in [0.717, 1.165) is 37.3 Å². The number of ether oxygens (including phenoxy) is 1. The van der Waals surface area contributed by atoms with Crippen LogP contribution in [0, 0.1) is 6.92 Å². The number of nitrogens with one attached hydrogen (secondary N) is 2. The largest absolute Gasteiger partial charge is 0.381 e. The minimum Gasteiger partial charge on any atom is -0.381 e. The first-order valence-corrected chi connectivity index (χ1v) is 6.90. The van der Waals surface area contributed by atoms with Crippen LogP contribution < -0.4 is 10.6 Å². The van der Waals surface area contributed by atoms with E-state index in [9.17, 15) is 4.79 Å². The highest BCUT2D eigenvalue weighted by molar-refractivity contribution is 6.33. The van der Waals surface area contributed by atoms with Crippen LogP contribution in [0.1, 0.15) is 18.4 Å². The molecule has 0 saturated carbocycles. The predicted molar refractivity (Wildman–Crippen MR) is 76.7 cm³/mol. The fourth-order valence-electron chi connectivity index (χ4n) is 2.07. The van der Waals surface area contributed by atoms with Gasteiger partial charge in [-0.3, -0.25) is 4.79 Å². The third-order valence-corrected chi connectivity index (χ3v) is 3.48. The molecule has 19 heavy (non-hydrogen) atoms. The Morgan fingerprint density at radius 1 is 1.42 bits per heavy atom. The first-order valence-electron chi connectivity index (χ1n) is 6.52. The Hall–Kier alpha value is -1.26. The van der Waals surface area contributed by atoms with Crippen LogP contribution in [0.3, 0.4) is 0 Å². The molecular weight excluding hydrogens is 264 g/mol. The minimum atomic E-state index is -0.00975. The lowest BCUT2D eigenvalue weighted by Gasteiger charge is -2.23. The average Bonchev–Trinajstić information content (AvgIpc) is 2.41. The molecule has 104 valence electrons. The Balaban J connectivity index is 1.81. The zero-order valence-corrected chi connectivity index (χ0v) is 11.8. The molecule has 2 rings (SSSR count). The van der Waals surface area contributed by atoms with E-state index in [1.807, 2.05) is 25.1 Å². The average molecular weight is 283 g/mol. The van der Waals surface area contributed by atoms with Crippen LogP contribution in [-0.4, -0.2) is 31.7 Å². The Morgan fingerprint density at radius 3 is 2.89 bits per heavy atom. The Kier molecular flexibility index (Phi) is 5.05. The van der Waals surface area contributed by atoms with Gasteiger partial charge in [0.05, 0.1) is 17.3 Å². The number of anilines is 1. The summed E-state index contributed by atoms with van der Waals surface area (Å²) in [7, 11) is 0. The van der Waals surface area contributed by atoms with Gasteiger partial charge in [-0.2, -0.15) is 0 Å². The monoisotopic (exact) mass is 282 g/mol. The molecule has 1 aliphatic rings. The van der Waals surface area contributed by atoms with E-state index in [4.69, 9.17) is 16.3 Å². The fraction of sp³-hybridized carbons (Fsp3) is 0.500. The van der Waals surface area contributed by atoms with Crippen LogP contribution in [0.25, 0.3) is 0 Å². The summed E-state index contributed by atoms with van der Waals surface area (Å²) in [5.74, 6) is -0.00975. The second kappa shape index (κ2) is 6.78. The number of hydrogen-bond acceptors (Lipinski definition) is 3. The maximum atomic E-state index is 11.8. The molecule has 0 aromatic heterocycles. The SMILES string of the molecule is Cc1ccc(Cl)c(NCC(=O)NC2CCOCC2)c1. The van der Waals surface area contributed by atoms with Crippen molar-refractivity contribution in [2.45, 2.75) is 25.8 Å². The molecule has 1 aromatic carbocycles. The molecule has 4 nitrogen and oxygen atoms in total. The number of amides is 1. The van der Waals surface area contributed by atoms with E-state index in [1.165, 1.54) is 0 Å². The van der Waals surface area contributed by atoms with Gasteiger partial charge in [-0.1, -0.05) is 17.7 Å². The van der Waals surface area contributed by atoms with Crippen LogP contribution >= 0.6 is 11.6 Å². The van der Waals surface area contributed by atoms with Crippen molar-refractivity contribution in [3.63, 3.8) is 0 Å². The number of carbonyl (C=O) groups is 1. The van der Waals surface area contributed by atoms with Crippen molar-refractivity contribution >= 4 is 23.2 Å². The fourth-order valence-corrected chi connectivity index (χ4v) is 2.26. The summed E-state index contributed by atoms with van der Waals surface area (Å²) in [6, 6.07) is 5.94. The molecule has 0 atom stereocenters. The Morgan fingerprint density at radius 2 is 2.16 bits per heavy atom. The molecule has 1 aliphatic heterocycles. The van der Waals surface area contributed by atoms with Crippen molar-refractivity contribution in [2.75, 3.05) is 25.1 Å².